The lowest BCUT2D eigenvalue weighted by Gasteiger charge is -2.11. The van der Waals surface area contributed by atoms with Crippen molar-refractivity contribution in [3.05, 3.63) is 24.3 Å². The van der Waals surface area contributed by atoms with Crippen molar-refractivity contribution in [1.29, 1.82) is 0 Å². The summed E-state index contributed by atoms with van der Waals surface area (Å²) in [7, 11) is 0. The Kier molecular flexibility index (Phi) is 15.1. The van der Waals surface area contributed by atoms with Crippen molar-refractivity contribution in [1.82, 2.24) is 5.32 Å². The van der Waals surface area contributed by atoms with Crippen molar-refractivity contribution in [3.63, 3.8) is 0 Å². The summed E-state index contributed by atoms with van der Waals surface area (Å²) in [5.41, 5.74) is 0.840. The molecule has 0 radical (unpaired) electrons. The van der Waals surface area contributed by atoms with Crippen LogP contribution in [0.1, 0.15) is 97.8 Å². The maximum Gasteiger partial charge on any atom is 0.226 e. The first-order valence-corrected chi connectivity index (χ1v) is 12.3. The summed E-state index contributed by atoms with van der Waals surface area (Å²) in [6.07, 6.45) is 14.6. The molecule has 5 heteroatoms. The van der Waals surface area contributed by atoms with Gasteiger partial charge in [-0.3, -0.25) is 4.79 Å². The highest BCUT2D eigenvalue weighted by Crippen LogP contribution is 2.16. The number of ether oxygens (including phenoxy) is 1. The predicted molar refractivity (Wildman–Crippen MR) is 132 cm³/mol. The van der Waals surface area contributed by atoms with Gasteiger partial charge in [0.25, 0.3) is 0 Å². The summed E-state index contributed by atoms with van der Waals surface area (Å²) in [6, 6.07) is 7.61. The predicted octanol–water partition coefficient (Wildman–Crippen LogP) is 7.24. The fraction of sp³-hybridized carbons (Fsp3) is 0.680. The van der Waals surface area contributed by atoms with E-state index in [1.165, 1.54) is 57.8 Å². The summed E-state index contributed by atoms with van der Waals surface area (Å²) < 4.78 is 5.67. The molecule has 0 aliphatic rings. The molecular weight excluding hydrogens is 392 g/mol. The van der Waals surface area contributed by atoms with Gasteiger partial charge in [-0.05, 0) is 48.8 Å². The van der Waals surface area contributed by atoms with Crippen LogP contribution in [0.2, 0.25) is 0 Å². The molecule has 2 N–H and O–H groups in total. The number of nitrogens with one attached hydrogen (secondary N) is 2. The van der Waals surface area contributed by atoms with E-state index < -0.39 is 0 Å². The SMILES string of the molecule is CCCCCCCCCCCCCC(=O)NC(=S)Nc1ccc(OCC(C)C)cc1. The molecular formula is C25H42N2O2S. The van der Waals surface area contributed by atoms with Gasteiger partial charge in [0.1, 0.15) is 5.75 Å². The van der Waals surface area contributed by atoms with Gasteiger partial charge >= 0.3 is 0 Å². The van der Waals surface area contributed by atoms with Crippen molar-refractivity contribution in [3.8, 4) is 5.75 Å². The number of anilines is 1. The van der Waals surface area contributed by atoms with Crippen LogP contribution in [0.15, 0.2) is 24.3 Å². The molecule has 30 heavy (non-hydrogen) atoms. The molecule has 4 nitrogen and oxygen atoms in total. The smallest absolute Gasteiger partial charge is 0.226 e. The summed E-state index contributed by atoms with van der Waals surface area (Å²) in [4.78, 5) is 12.0. The lowest BCUT2D eigenvalue weighted by atomic mass is 10.1. The Bertz CT molecular complexity index is 587. The monoisotopic (exact) mass is 434 g/mol. The Morgan fingerprint density at radius 2 is 1.43 bits per heavy atom. The van der Waals surface area contributed by atoms with Crippen LogP contribution in [0.4, 0.5) is 5.69 Å². The molecule has 0 aliphatic carbocycles. The van der Waals surface area contributed by atoms with Crippen molar-refractivity contribution < 1.29 is 9.53 Å². The molecule has 0 heterocycles. The van der Waals surface area contributed by atoms with Gasteiger partial charge in [-0.2, -0.15) is 0 Å². The van der Waals surface area contributed by atoms with Crippen molar-refractivity contribution in [2.24, 2.45) is 5.92 Å². The summed E-state index contributed by atoms with van der Waals surface area (Å²) >= 11 is 5.24. The van der Waals surface area contributed by atoms with E-state index in [1.807, 2.05) is 24.3 Å². The van der Waals surface area contributed by atoms with Gasteiger partial charge in [-0.1, -0.05) is 85.0 Å². The van der Waals surface area contributed by atoms with Gasteiger partial charge in [0.05, 0.1) is 6.61 Å². The quantitative estimate of drug-likeness (QED) is 0.213. The van der Waals surface area contributed by atoms with Crippen LogP contribution in [-0.4, -0.2) is 17.6 Å². The van der Waals surface area contributed by atoms with Gasteiger partial charge in [-0.25, -0.2) is 0 Å². The largest absolute Gasteiger partial charge is 0.493 e. The molecule has 0 fully saturated rings. The maximum atomic E-state index is 12.0. The standard InChI is InChI=1S/C25H42N2O2S/c1-4-5-6-7-8-9-10-11-12-13-14-15-24(28)27-25(30)26-22-16-18-23(19-17-22)29-20-21(2)3/h16-19,21H,4-15,20H2,1-3H3,(H2,26,27,28,30). The lowest BCUT2D eigenvalue weighted by molar-refractivity contribution is -0.119. The van der Waals surface area contributed by atoms with Crippen LogP contribution in [0.25, 0.3) is 0 Å². The maximum absolute atomic E-state index is 12.0. The van der Waals surface area contributed by atoms with Gasteiger partial charge in [-0.15, -0.1) is 0 Å². The molecule has 1 aromatic rings. The Labute approximate surface area is 189 Å². The highest BCUT2D eigenvalue weighted by atomic mass is 32.1. The zero-order chi connectivity index (χ0) is 22.0. The lowest BCUT2D eigenvalue weighted by Crippen LogP contribution is -2.33. The highest BCUT2D eigenvalue weighted by Gasteiger charge is 2.05. The van der Waals surface area contributed by atoms with E-state index in [9.17, 15) is 4.79 Å². The molecule has 0 saturated carbocycles. The third-order valence-electron chi connectivity index (χ3n) is 4.96. The number of benzene rings is 1. The minimum absolute atomic E-state index is 0.0136. The fourth-order valence-electron chi connectivity index (χ4n) is 3.20. The van der Waals surface area contributed by atoms with Gasteiger partial charge in [0.15, 0.2) is 5.11 Å². The molecule has 0 atom stereocenters. The van der Waals surface area contributed by atoms with Gasteiger partial charge in [0.2, 0.25) is 5.91 Å². The van der Waals surface area contributed by atoms with Crippen LogP contribution in [-0.2, 0) is 4.79 Å². The van der Waals surface area contributed by atoms with Crippen LogP contribution in [0.5, 0.6) is 5.75 Å². The molecule has 1 aromatic carbocycles. The van der Waals surface area contributed by atoms with E-state index in [4.69, 9.17) is 17.0 Å². The first kappa shape index (κ1) is 26.4. The molecule has 170 valence electrons. The number of hydrogen-bond acceptors (Lipinski definition) is 3. The Balaban J connectivity index is 2.05. The molecule has 0 unspecified atom stereocenters. The van der Waals surface area contributed by atoms with Crippen LogP contribution >= 0.6 is 12.2 Å². The third-order valence-corrected chi connectivity index (χ3v) is 5.16. The second-order valence-electron chi connectivity index (χ2n) is 8.52. The zero-order valence-electron chi connectivity index (χ0n) is 19.3. The molecule has 0 aromatic heterocycles. The van der Waals surface area contributed by atoms with Gasteiger partial charge in [0, 0.05) is 12.1 Å². The molecule has 0 spiro atoms. The summed E-state index contributed by atoms with van der Waals surface area (Å²) in [6.45, 7) is 7.19. The molecule has 0 saturated heterocycles. The minimum atomic E-state index is -0.0136. The minimum Gasteiger partial charge on any atom is -0.493 e. The Morgan fingerprint density at radius 3 is 1.97 bits per heavy atom. The average molecular weight is 435 g/mol. The van der Waals surface area contributed by atoms with Crippen molar-refractivity contribution in [2.45, 2.75) is 97.8 Å². The van der Waals surface area contributed by atoms with Crippen LogP contribution in [0, 0.1) is 5.92 Å². The normalized spacial score (nSPS) is 10.8. The van der Waals surface area contributed by atoms with E-state index in [0.717, 1.165) is 24.3 Å². The molecule has 1 amide bonds. The molecule has 0 bridgehead atoms. The van der Waals surface area contributed by atoms with Crippen molar-refractivity contribution in [2.75, 3.05) is 11.9 Å². The topological polar surface area (TPSA) is 50.4 Å². The fourth-order valence-corrected chi connectivity index (χ4v) is 3.43. The number of carbonyl (C=O) groups excluding carboxylic acids is 1. The number of carbonyl (C=O) groups is 1. The number of hydrogen-bond donors (Lipinski definition) is 2. The van der Waals surface area contributed by atoms with Crippen molar-refractivity contribution >= 4 is 28.9 Å². The van der Waals surface area contributed by atoms with Crippen LogP contribution < -0.4 is 15.4 Å². The highest BCUT2D eigenvalue weighted by molar-refractivity contribution is 7.80. The summed E-state index contributed by atoms with van der Waals surface area (Å²) in [5, 5.41) is 6.17. The number of unbranched alkanes of at least 4 members (excludes halogenated alkanes) is 10. The van der Waals surface area contributed by atoms with E-state index in [1.54, 1.807) is 0 Å². The van der Waals surface area contributed by atoms with E-state index in [0.29, 0.717) is 24.1 Å². The van der Waals surface area contributed by atoms with E-state index >= 15 is 0 Å². The first-order chi connectivity index (χ1) is 14.5. The van der Waals surface area contributed by atoms with E-state index in [2.05, 4.69) is 31.4 Å². The third kappa shape index (κ3) is 14.4. The number of rotatable bonds is 16. The second kappa shape index (κ2) is 17.1. The molecule has 0 aliphatic heterocycles. The molecule has 1 rings (SSSR count). The number of thiocarbonyl (C=S) groups is 1. The zero-order valence-corrected chi connectivity index (χ0v) is 20.1. The number of amides is 1. The summed E-state index contributed by atoms with van der Waals surface area (Å²) in [5.74, 6) is 1.31. The Morgan fingerprint density at radius 1 is 0.900 bits per heavy atom. The van der Waals surface area contributed by atoms with Gasteiger partial charge < -0.3 is 15.4 Å². The Hall–Kier alpha value is -1.62. The first-order valence-electron chi connectivity index (χ1n) is 11.8. The van der Waals surface area contributed by atoms with Crippen LogP contribution in [0.3, 0.4) is 0 Å². The van der Waals surface area contributed by atoms with E-state index in [-0.39, 0.29) is 5.91 Å². The second-order valence-corrected chi connectivity index (χ2v) is 8.93. The average Bonchev–Trinajstić information content (AvgIpc) is 2.71.